The molecule has 1 aliphatic heterocycles. The molecule has 2 aliphatic rings. The van der Waals surface area contributed by atoms with Crippen LogP contribution >= 0.6 is 0 Å². The number of hydrogen-bond acceptors (Lipinski definition) is 6. The van der Waals surface area contributed by atoms with E-state index in [0.29, 0.717) is 36.8 Å². The maximum absolute atomic E-state index is 12.9. The quantitative estimate of drug-likeness (QED) is 0.737. The summed E-state index contributed by atoms with van der Waals surface area (Å²) < 4.78 is 0. The minimum Gasteiger partial charge on any atom is -0.368 e. The van der Waals surface area contributed by atoms with E-state index in [4.69, 9.17) is 5.73 Å². The SMILES string of the molecule is CCCN1C[C@@H](CC(=O)N(C)CCc2ccccn2)C[C@@H]2Cc3nc(N)ncc3C[C@H]21. The van der Waals surface area contributed by atoms with Gasteiger partial charge in [0.05, 0.1) is 0 Å². The summed E-state index contributed by atoms with van der Waals surface area (Å²) in [5, 5.41) is 0. The molecule has 1 amide bonds. The molecule has 7 nitrogen and oxygen atoms in total. The molecule has 166 valence electrons. The van der Waals surface area contributed by atoms with Crippen LogP contribution < -0.4 is 5.73 Å². The molecule has 3 heterocycles. The number of likely N-dealkylation sites (tertiary alicyclic amines) is 1. The third-order valence-electron chi connectivity index (χ3n) is 6.83. The molecule has 31 heavy (non-hydrogen) atoms. The molecule has 3 atom stereocenters. The number of carbonyl (C=O) groups excluding carboxylic acids is 1. The van der Waals surface area contributed by atoms with Gasteiger partial charge in [-0.05, 0) is 61.8 Å². The van der Waals surface area contributed by atoms with Crippen molar-refractivity contribution in [2.75, 3.05) is 32.4 Å². The van der Waals surface area contributed by atoms with Gasteiger partial charge in [-0.2, -0.15) is 0 Å². The minimum atomic E-state index is 0.235. The number of aromatic nitrogens is 3. The highest BCUT2D eigenvalue weighted by molar-refractivity contribution is 5.76. The van der Waals surface area contributed by atoms with Crippen LogP contribution in [0.15, 0.2) is 30.6 Å². The van der Waals surface area contributed by atoms with E-state index in [1.165, 1.54) is 5.56 Å². The number of fused-ring (bicyclic) bond motifs is 2. The van der Waals surface area contributed by atoms with Crippen LogP contribution in [-0.4, -0.2) is 63.4 Å². The second-order valence-corrected chi connectivity index (χ2v) is 9.12. The van der Waals surface area contributed by atoms with Crippen molar-refractivity contribution >= 4 is 11.9 Å². The van der Waals surface area contributed by atoms with Gasteiger partial charge in [0, 0.05) is 62.8 Å². The number of pyridine rings is 1. The number of nitrogen functional groups attached to an aromatic ring is 1. The highest BCUT2D eigenvalue weighted by Crippen LogP contribution is 2.37. The zero-order valence-corrected chi connectivity index (χ0v) is 18.7. The average molecular weight is 423 g/mol. The van der Waals surface area contributed by atoms with E-state index in [-0.39, 0.29) is 5.91 Å². The Kier molecular flexibility index (Phi) is 6.80. The Morgan fingerprint density at radius 1 is 1.29 bits per heavy atom. The van der Waals surface area contributed by atoms with Gasteiger partial charge in [-0.25, -0.2) is 9.97 Å². The van der Waals surface area contributed by atoms with Crippen LogP contribution in [-0.2, 0) is 24.1 Å². The predicted molar refractivity (Wildman–Crippen MR) is 121 cm³/mol. The fourth-order valence-corrected chi connectivity index (χ4v) is 5.27. The van der Waals surface area contributed by atoms with Crippen LogP contribution in [0.3, 0.4) is 0 Å². The summed E-state index contributed by atoms with van der Waals surface area (Å²) in [5.74, 6) is 1.51. The molecule has 0 saturated carbocycles. The fraction of sp³-hybridized carbons (Fsp3) is 0.583. The molecule has 2 aromatic rings. The molecule has 1 saturated heterocycles. The van der Waals surface area contributed by atoms with Crippen molar-refractivity contribution < 1.29 is 4.79 Å². The number of nitrogens with zero attached hydrogens (tertiary/aromatic N) is 5. The van der Waals surface area contributed by atoms with E-state index >= 15 is 0 Å². The number of amides is 1. The van der Waals surface area contributed by atoms with Gasteiger partial charge in [-0.1, -0.05) is 13.0 Å². The summed E-state index contributed by atoms with van der Waals surface area (Å²) in [6, 6.07) is 6.44. The lowest BCUT2D eigenvalue weighted by Gasteiger charge is -2.47. The van der Waals surface area contributed by atoms with Crippen LogP contribution in [0.4, 0.5) is 5.95 Å². The summed E-state index contributed by atoms with van der Waals surface area (Å²) in [7, 11) is 1.91. The molecule has 0 spiro atoms. The summed E-state index contributed by atoms with van der Waals surface area (Å²) in [6.45, 7) is 5.01. The maximum Gasteiger partial charge on any atom is 0.222 e. The lowest BCUT2D eigenvalue weighted by atomic mass is 9.73. The predicted octanol–water partition coefficient (Wildman–Crippen LogP) is 2.36. The number of anilines is 1. The zero-order valence-electron chi connectivity index (χ0n) is 18.7. The van der Waals surface area contributed by atoms with E-state index < -0.39 is 0 Å². The highest BCUT2D eigenvalue weighted by atomic mass is 16.2. The van der Waals surface area contributed by atoms with Gasteiger partial charge in [0.15, 0.2) is 0 Å². The maximum atomic E-state index is 12.9. The average Bonchev–Trinajstić information content (AvgIpc) is 2.77. The van der Waals surface area contributed by atoms with E-state index in [2.05, 4.69) is 26.8 Å². The minimum absolute atomic E-state index is 0.235. The van der Waals surface area contributed by atoms with Crippen molar-refractivity contribution in [2.24, 2.45) is 11.8 Å². The largest absolute Gasteiger partial charge is 0.368 e. The van der Waals surface area contributed by atoms with Gasteiger partial charge < -0.3 is 10.6 Å². The molecule has 7 heteroatoms. The van der Waals surface area contributed by atoms with Crippen LogP contribution in [0.1, 0.15) is 43.1 Å². The highest BCUT2D eigenvalue weighted by Gasteiger charge is 2.40. The van der Waals surface area contributed by atoms with Gasteiger partial charge >= 0.3 is 0 Å². The molecular weight excluding hydrogens is 388 g/mol. The lowest BCUT2D eigenvalue weighted by Crippen LogP contribution is -2.53. The molecular formula is C24H34N6O. The second-order valence-electron chi connectivity index (χ2n) is 9.12. The van der Waals surface area contributed by atoms with Gasteiger partial charge in [0.1, 0.15) is 0 Å². The second kappa shape index (κ2) is 9.73. The molecule has 2 N–H and O–H groups in total. The molecule has 1 aliphatic carbocycles. The van der Waals surface area contributed by atoms with Crippen molar-refractivity contribution in [2.45, 2.75) is 51.5 Å². The third kappa shape index (κ3) is 5.21. The van der Waals surface area contributed by atoms with Crippen LogP contribution in [0, 0.1) is 11.8 Å². The Hall–Kier alpha value is -2.54. The Morgan fingerprint density at radius 2 is 2.16 bits per heavy atom. The first-order chi connectivity index (χ1) is 15.0. The van der Waals surface area contributed by atoms with Crippen molar-refractivity contribution in [1.82, 2.24) is 24.8 Å². The number of nitrogens with two attached hydrogens (primary N) is 1. The number of piperidine rings is 1. The third-order valence-corrected chi connectivity index (χ3v) is 6.83. The van der Waals surface area contributed by atoms with E-state index in [1.54, 1.807) is 6.20 Å². The monoisotopic (exact) mass is 422 g/mol. The molecule has 1 fully saturated rings. The van der Waals surface area contributed by atoms with Crippen LogP contribution in [0.25, 0.3) is 0 Å². The lowest BCUT2D eigenvalue weighted by molar-refractivity contribution is -0.131. The first-order valence-corrected chi connectivity index (χ1v) is 11.5. The summed E-state index contributed by atoms with van der Waals surface area (Å²) >= 11 is 0. The fourth-order valence-electron chi connectivity index (χ4n) is 5.27. The Labute approximate surface area is 185 Å². The van der Waals surface area contributed by atoms with Gasteiger partial charge in [0.25, 0.3) is 0 Å². The molecule has 0 aromatic carbocycles. The molecule has 4 rings (SSSR count). The zero-order chi connectivity index (χ0) is 21.8. The van der Waals surface area contributed by atoms with Crippen molar-refractivity contribution in [3.05, 3.63) is 47.5 Å². The van der Waals surface area contributed by atoms with Gasteiger partial charge in [-0.3, -0.25) is 14.7 Å². The van der Waals surface area contributed by atoms with Gasteiger partial charge in [0.2, 0.25) is 11.9 Å². The topological polar surface area (TPSA) is 88.2 Å². The molecule has 0 unspecified atom stereocenters. The van der Waals surface area contributed by atoms with Crippen LogP contribution in [0.2, 0.25) is 0 Å². The number of likely N-dealkylation sites (N-methyl/N-ethyl adjacent to an activating group) is 1. The molecule has 2 aromatic heterocycles. The smallest absolute Gasteiger partial charge is 0.222 e. The Balaban J connectivity index is 1.38. The van der Waals surface area contributed by atoms with E-state index in [1.807, 2.05) is 36.3 Å². The number of hydrogen-bond donors (Lipinski definition) is 1. The summed E-state index contributed by atoms with van der Waals surface area (Å²) in [5.41, 5.74) is 9.20. The Morgan fingerprint density at radius 3 is 2.94 bits per heavy atom. The first-order valence-electron chi connectivity index (χ1n) is 11.5. The van der Waals surface area contributed by atoms with Crippen LogP contribution in [0.5, 0.6) is 0 Å². The standard InChI is InChI=1S/C24H34N6O/c1-3-9-30-16-17(12-23(31)29(2)10-7-20-6-4-5-8-26-20)11-18-13-21-19(14-22(18)30)15-27-24(25)28-21/h4-6,8,15,17-18,22H,3,7,9-14,16H2,1-2H3,(H2,25,27,28)/t17-,18-,22-/m1/s1. The molecule has 0 bridgehead atoms. The number of carbonyl (C=O) groups is 1. The Bertz CT molecular complexity index is 889. The van der Waals surface area contributed by atoms with Crippen molar-refractivity contribution in [3.63, 3.8) is 0 Å². The summed E-state index contributed by atoms with van der Waals surface area (Å²) in [6.07, 6.45) is 9.24. The van der Waals surface area contributed by atoms with E-state index in [0.717, 1.165) is 56.6 Å². The van der Waals surface area contributed by atoms with E-state index in [9.17, 15) is 4.79 Å². The molecule has 0 radical (unpaired) electrons. The van der Waals surface area contributed by atoms with Crippen molar-refractivity contribution in [1.29, 1.82) is 0 Å². The van der Waals surface area contributed by atoms with Crippen molar-refractivity contribution in [3.8, 4) is 0 Å². The number of rotatable bonds is 7. The summed E-state index contributed by atoms with van der Waals surface area (Å²) in [4.78, 5) is 30.5. The van der Waals surface area contributed by atoms with Gasteiger partial charge in [-0.15, -0.1) is 0 Å². The first kappa shape index (κ1) is 21.7. The normalized spacial score (nSPS) is 23.1.